The van der Waals surface area contributed by atoms with E-state index < -0.39 is 12.5 Å². The number of anilines is 1. The van der Waals surface area contributed by atoms with Gasteiger partial charge in [0.25, 0.3) is 12.3 Å². The molecule has 0 fully saturated rings. The van der Waals surface area contributed by atoms with Gasteiger partial charge in [-0.2, -0.15) is 0 Å². The summed E-state index contributed by atoms with van der Waals surface area (Å²) in [6.07, 6.45) is -2.45. The highest BCUT2D eigenvalue weighted by Gasteiger charge is 2.15. The molecule has 0 aromatic heterocycles. The third-order valence-corrected chi connectivity index (χ3v) is 2.49. The first-order valence-electron chi connectivity index (χ1n) is 5.33. The van der Waals surface area contributed by atoms with Gasteiger partial charge in [-0.1, -0.05) is 6.07 Å². The normalized spacial score (nSPS) is 12.4. The summed E-state index contributed by atoms with van der Waals surface area (Å²) in [6, 6.07) is 4.01. The van der Waals surface area contributed by atoms with E-state index in [9.17, 15) is 13.6 Å². The number of carbonyl (C=O) groups is 1. The molecule has 1 amide bonds. The Kier molecular flexibility index (Phi) is 4.43. The van der Waals surface area contributed by atoms with Crippen LogP contribution >= 0.6 is 0 Å². The lowest BCUT2D eigenvalue weighted by molar-refractivity contribution is 0.0963. The lowest BCUT2D eigenvalue weighted by Gasteiger charge is -2.16. The molecular formula is C12H16F2N2O. The van der Waals surface area contributed by atoms with E-state index in [-0.39, 0.29) is 5.91 Å². The molecule has 1 aromatic rings. The van der Waals surface area contributed by atoms with Gasteiger partial charge in [0, 0.05) is 18.3 Å². The highest BCUT2D eigenvalue weighted by molar-refractivity contribution is 5.95. The number of benzene rings is 1. The van der Waals surface area contributed by atoms with Crippen LogP contribution in [0.5, 0.6) is 0 Å². The van der Waals surface area contributed by atoms with Gasteiger partial charge in [0.2, 0.25) is 0 Å². The maximum absolute atomic E-state index is 12.4. The fourth-order valence-corrected chi connectivity index (χ4v) is 1.37. The first kappa shape index (κ1) is 13.4. The zero-order chi connectivity index (χ0) is 13.0. The van der Waals surface area contributed by atoms with Crippen LogP contribution in [0.15, 0.2) is 18.2 Å². The van der Waals surface area contributed by atoms with E-state index in [1.807, 2.05) is 0 Å². The summed E-state index contributed by atoms with van der Waals surface area (Å²) < 4.78 is 24.9. The molecule has 0 aliphatic rings. The second-order valence-electron chi connectivity index (χ2n) is 3.88. The molecule has 1 aromatic carbocycles. The molecule has 0 bridgehead atoms. The van der Waals surface area contributed by atoms with E-state index in [0.29, 0.717) is 11.3 Å². The number of alkyl halides is 2. The summed E-state index contributed by atoms with van der Waals surface area (Å²) in [5.41, 5.74) is 1.83. The number of halogens is 2. The van der Waals surface area contributed by atoms with Gasteiger partial charge < -0.3 is 10.6 Å². The van der Waals surface area contributed by atoms with Crippen molar-refractivity contribution < 1.29 is 13.6 Å². The molecule has 1 unspecified atom stereocenters. The largest absolute Gasteiger partial charge is 0.377 e. The summed E-state index contributed by atoms with van der Waals surface area (Å²) in [5.74, 6) is -0.238. The van der Waals surface area contributed by atoms with Gasteiger partial charge in [-0.3, -0.25) is 4.79 Å². The molecule has 3 nitrogen and oxygen atoms in total. The van der Waals surface area contributed by atoms with E-state index in [1.165, 1.54) is 14.0 Å². The number of amides is 1. The molecule has 17 heavy (non-hydrogen) atoms. The van der Waals surface area contributed by atoms with Gasteiger partial charge in [-0.15, -0.1) is 0 Å². The Morgan fingerprint density at radius 2 is 2.00 bits per heavy atom. The lowest BCUT2D eigenvalue weighted by atomic mass is 10.1. The van der Waals surface area contributed by atoms with Crippen molar-refractivity contribution in [3.63, 3.8) is 0 Å². The van der Waals surface area contributed by atoms with Gasteiger partial charge in [0.1, 0.15) is 0 Å². The van der Waals surface area contributed by atoms with Crippen LogP contribution in [0, 0.1) is 6.92 Å². The molecule has 1 atom stereocenters. The molecular weight excluding hydrogens is 226 g/mol. The van der Waals surface area contributed by atoms with Crippen molar-refractivity contribution in [3.8, 4) is 0 Å². The van der Waals surface area contributed by atoms with E-state index in [0.717, 1.165) is 5.56 Å². The van der Waals surface area contributed by atoms with Crippen LogP contribution in [-0.4, -0.2) is 25.4 Å². The molecule has 0 aliphatic carbocycles. The van der Waals surface area contributed by atoms with Crippen LogP contribution in [-0.2, 0) is 0 Å². The van der Waals surface area contributed by atoms with Gasteiger partial charge in [-0.25, -0.2) is 8.78 Å². The Morgan fingerprint density at radius 3 is 2.53 bits per heavy atom. The van der Waals surface area contributed by atoms with E-state index in [2.05, 4.69) is 10.6 Å². The van der Waals surface area contributed by atoms with Gasteiger partial charge in [0.05, 0.1) is 6.04 Å². The first-order valence-corrected chi connectivity index (χ1v) is 5.33. The van der Waals surface area contributed by atoms with Crippen molar-refractivity contribution in [2.45, 2.75) is 26.3 Å². The zero-order valence-corrected chi connectivity index (χ0v) is 10.1. The van der Waals surface area contributed by atoms with Crippen molar-refractivity contribution in [2.75, 3.05) is 12.4 Å². The number of aryl methyl sites for hydroxylation is 1. The van der Waals surface area contributed by atoms with E-state index in [1.54, 1.807) is 25.1 Å². The van der Waals surface area contributed by atoms with Gasteiger partial charge >= 0.3 is 0 Å². The molecule has 0 saturated heterocycles. The third-order valence-electron chi connectivity index (χ3n) is 2.49. The summed E-state index contributed by atoms with van der Waals surface area (Å²) in [7, 11) is 1.52. The number of carbonyl (C=O) groups excluding carboxylic acids is 1. The van der Waals surface area contributed by atoms with E-state index >= 15 is 0 Å². The van der Waals surface area contributed by atoms with Crippen LogP contribution in [0.1, 0.15) is 22.8 Å². The predicted molar refractivity (Wildman–Crippen MR) is 63.7 cm³/mol. The SMILES string of the molecule is CNC(=O)c1ccc(C)c(NC(C)C(F)F)c1. The van der Waals surface area contributed by atoms with Crippen LogP contribution in [0.3, 0.4) is 0 Å². The Labute approximate surface area is 99.2 Å². The van der Waals surface area contributed by atoms with Crippen molar-refractivity contribution in [3.05, 3.63) is 29.3 Å². The molecule has 0 aliphatic heterocycles. The second-order valence-corrected chi connectivity index (χ2v) is 3.88. The minimum absolute atomic E-state index is 0.238. The molecule has 0 saturated carbocycles. The summed E-state index contributed by atoms with van der Waals surface area (Å²) in [5, 5.41) is 5.19. The average Bonchev–Trinajstić information content (AvgIpc) is 2.30. The molecule has 2 N–H and O–H groups in total. The zero-order valence-electron chi connectivity index (χ0n) is 10.1. The molecule has 94 valence electrons. The van der Waals surface area contributed by atoms with E-state index in [4.69, 9.17) is 0 Å². The molecule has 0 heterocycles. The highest BCUT2D eigenvalue weighted by Crippen LogP contribution is 2.19. The Hall–Kier alpha value is -1.65. The van der Waals surface area contributed by atoms with Crippen LogP contribution in [0.4, 0.5) is 14.5 Å². The number of nitrogens with one attached hydrogen (secondary N) is 2. The highest BCUT2D eigenvalue weighted by atomic mass is 19.3. The van der Waals surface area contributed by atoms with Crippen LogP contribution < -0.4 is 10.6 Å². The van der Waals surface area contributed by atoms with Crippen molar-refractivity contribution >= 4 is 11.6 Å². The van der Waals surface area contributed by atoms with Crippen LogP contribution in [0.2, 0.25) is 0 Å². The quantitative estimate of drug-likeness (QED) is 0.851. The van der Waals surface area contributed by atoms with Gasteiger partial charge in [-0.05, 0) is 31.5 Å². The Balaban J connectivity index is 2.94. The topological polar surface area (TPSA) is 41.1 Å². The Bertz CT molecular complexity index is 407. The number of rotatable bonds is 4. The van der Waals surface area contributed by atoms with Crippen molar-refractivity contribution in [1.29, 1.82) is 0 Å². The molecule has 5 heteroatoms. The standard InChI is InChI=1S/C12H16F2N2O/c1-7-4-5-9(12(17)15-3)6-10(7)16-8(2)11(13)14/h4-6,8,11,16H,1-3H3,(H,15,17). The summed E-state index contributed by atoms with van der Waals surface area (Å²) in [4.78, 5) is 11.4. The molecule has 0 radical (unpaired) electrons. The van der Waals surface area contributed by atoms with Crippen molar-refractivity contribution in [1.82, 2.24) is 5.32 Å². The predicted octanol–water partition coefficient (Wildman–Crippen LogP) is 2.42. The fraction of sp³-hybridized carbons (Fsp3) is 0.417. The lowest BCUT2D eigenvalue weighted by Crippen LogP contribution is -2.25. The number of hydrogen-bond donors (Lipinski definition) is 2. The average molecular weight is 242 g/mol. The van der Waals surface area contributed by atoms with Gasteiger partial charge in [0.15, 0.2) is 0 Å². The number of hydrogen-bond acceptors (Lipinski definition) is 2. The Morgan fingerprint density at radius 1 is 1.35 bits per heavy atom. The fourth-order valence-electron chi connectivity index (χ4n) is 1.37. The second kappa shape index (κ2) is 5.61. The van der Waals surface area contributed by atoms with Crippen LogP contribution in [0.25, 0.3) is 0 Å². The minimum atomic E-state index is -2.45. The maximum atomic E-state index is 12.4. The molecule has 0 spiro atoms. The summed E-state index contributed by atoms with van der Waals surface area (Å²) in [6.45, 7) is 3.20. The van der Waals surface area contributed by atoms with Crippen molar-refractivity contribution in [2.24, 2.45) is 0 Å². The smallest absolute Gasteiger partial charge is 0.258 e. The third kappa shape index (κ3) is 3.41. The first-order chi connectivity index (χ1) is 7.95. The minimum Gasteiger partial charge on any atom is -0.377 e. The summed E-state index contributed by atoms with van der Waals surface area (Å²) >= 11 is 0. The maximum Gasteiger partial charge on any atom is 0.258 e. The molecule has 1 rings (SSSR count). The monoisotopic (exact) mass is 242 g/mol.